The highest BCUT2D eigenvalue weighted by molar-refractivity contribution is 6.01. The number of benzene rings is 2. The molecular formula is C44H42F6N12O4. The summed E-state index contributed by atoms with van der Waals surface area (Å²) in [4.78, 5) is 52.2. The average molecular weight is 917 g/mol. The minimum atomic E-state index is -4.94. The Morgan fingerprint density at radius 1 is 0.652 bits per heavy atom. The van der Waals surface area contributed by atoms with Gasteiger partial charge in [-0.25, -0.2) is 19.9 Å². The number of amides is 2. The molecule has 16 nitrogen and oxygen atoms in total. The Kier molecular flexibility index (Phi) is 14.2. The third kappa shape index (κ3) is 11.6. The summed E-state index contributed by atoms with van der Waals surface area (Å²) >= 11 is 0. The number of methoxy groups -OCH3 is 2. The van der Waals surface area contributed by atoms with E-state index in [4.69, 9.17) is 9.47 Å². The lowest BCUT2D eigenvalue weighted by Crippen LogP contribution is -2.27. The van der Waals surface area contributed by atoms with E-state index in [1.54, 1.807) is 45.9 Å². The molecule has 0 aliphatic rings. The van der Waals surface area contributed by atoms with Crippen LogP contribution in [0.15, 0.2) is 86.0 Å². The van der Waals surface area contributed by atoms with Gasteiger partial charge in [-0.05, 0) is 80.3 Å². The van der Waals surface area contributed by atoms with Crippen LogP contribution in [-0.4, -0.2) is 62.5 Å². The molecule has 0 saturated carbocycles. The summed E-state index contributed by atoms with van der Waals surface area (Å²) < 4.78 is 97.1. The maximum absolute atomic E-state index is 14.5. The number of anilines is 10. The van der Waals surface area contributed by atoms with Gasteiger partial charge in [0.15, 0.2) is 0 Å². The molecule has 0 unspecified atom stereocenters. The third-order valence-electron chi connectivity index (χ3n) is 9.64. The number of nitrogens with zero attached hydrogens (tertiary/aromatic N) is 7. The van der Waals surface area contributed by atoms with Gasteiger partial charge in [0.05, 0.1) is 48.3 Å². The van der Waals surface area contributed by atoms with E-state index in [1.165, 1.54) is 61.8 Å². The van der Waals surface area contributed by atoms with Crippen molar-refractivity contribution in [1.82, 2.24) is 29.9 Å². The second kappa shape index (κ2) is 19.8. The summed E-state index contributed by atoms with van der Waals surface area (Å²) in [6.45, 7) is 10.0. The predicted molar refractivity (Wildman–Crippen MR) is 236 cm³/mol. The van der Waals surface area contributed by atoms with Gasteiger partial charge >= 0.3 is 12.4 Å². The lowest BCUT2D eigenvalue weighted by Gasteiger charge is -2.26. The summed E-state index contributed by atoms with van der Waals surface area (Å²) in [5.41, 5.74) is 1.12. The quantitative estimate of drug-likeness (QED) is 0.0455. The van der Waals surface area contributed by atoms with Crippen molar-refractivity contribution in [3.8, 4) is 11.8 Å². The monoisotopic (exact) mass is 916 g/mol. The van der Waals surface area contributed by atoms with E-state index >= 15 is 0 Å². The number of carbonyl (C=O) groups excluding carboxylic acids is 2. The SMILES string of the molecule is C=CC(=O)Nc1cc(C)ccc1Nc1nc(N(CCC(=O)Nc2cc(C)ccc2Nc2nc(Nc3cc(OC)ncc3C)ncc2C(F)(F)F)c2cc(OC)ncc2C)ncc1C(F)(F)F. The molecule has 0 aliphatic carbocycles. The van der Waals surface area contributed by atoms with Crippen LogP contribution < -0.4 is 41.0 Å². The van der Waals surface area contributed by atoms with E-state index in [0.717, 1.165) is 6.08 Å². The highest BCUT2D eigenvalue weighted by atomic mass is 19.4. The maximum Gasteiger partial charge on any atom is 0.421 e. The molecular weight excluding hydrogens is 875 g/mol. The van der Waals surface area contributed by atoms with Crippen molar-refractivity contribution >= 4 is 69.5 Å². The topological polar surface area (TPSA) is 193 Å². The molecule has 6 rings (SSSR count). The van der Waals surface area contributed by atoms with Gasteiger partial charge in [-0.2, -0.15) is 36.3 Å². The number of pyridine rings is 2. The largest absolute Gasteiger partial charge is 0.481 e. The van der Waals surface area contributed by atoms with Crippen LogP contribution in [0.2, 0.25) is 0 Å². The zero-order valence-electron chi connectivity index (χ0n) is 36.2. The van der Waals surface area contributed by atoms with Gasteiger partial charge in [0.25, 0.3) is 0 Å². The molecule has 0 spiro atoms. The molecule has 22 heteroatoms. The normalized spacial score (nSPS) is 11.3. The van der Waals surface area contributed by atoms with Crippen LogP contribution in [0.4, 0.5) is 84.0 Å². The molecule has 4 aromatic heterocycles. The van der Waals surface area contributed by atoms with Crippen LogP contribution in [0.3, 0.4) is 0 Å². The molecule has 5 N–H and O–H groups in total. The molecule has 0 atom stereocenters. The zero-order chi connectivity index (χ0) is 47.9. The predicted octanol–water partition coefficient (Wildman–Crippen LogP) is 9.87. The standard InChI is InChI=1S/C44H42F6N12O4/c1-8-35(63)55-32-15-23(2)9-11-29(32)58-40-28(44(48,49)50)22-54-42(61-40)62(34-18-38(66-7)52-20-26(34)5)14-13-36(64)56-33-16-24(3)10-12-30(33)57-39-27(43(45,46)47)21-53-41(60-39)59-31-17-37(65-6)51-19-25(31)4/h8-12,15-22H,1,13-14H2,2-7H3,(H,55,63)(H,56,64)(H,54,58,61)(H2,51,53,57,59,60). The van der Waals surface area contributed by atoms with Crippen molar-refractivity contribution in [2.45, 2.75) is 46.5 Å². The number of hydrogen-bond acceptors (Lipinski definition) is 14. The minimum absolute atomic E-state index is 0.0407. The fraction of sp³-hybridized carbons (Fsp3) is 0.227. The number of aromatic nitrogens is 6. The number of alkyl halides is 6. The maximum atomic E-state index is 14.5. The van der Waals surface area contributed by atoms with Gasteiger partial charge in [-0.1, -0.05) is 18.7 Å². The number of hydrogen-bond donors (Lipinski definition) is 5. The van der Waals surface area contributed by atoms with Gasteiger partial charge in [0.2, 0.25) is 35.5 Å². The molecule has 2 aromatic carbocycles. The highest BCUT2D eigenvalue weighted by Crippen LogP contribution is 2.40. The molecule has 6 aromatic rings. The molecule has 0 radical (unpaired) electrons. The first-order valence-electron chi connectivity index (χ1n) is 19.7. The number of nitrogens with one attached hydrogen (secondary N) is 5. The molecule has 0 bridgehead atoms. The minimum Gasteiger partial charge on any atom is -0.481 e. The van der Waals surface area contributed by atoms with E-state index in [-0.39, 0.29) is 59.4 Å². The Morgan fingerprint density at radius 3 is 1.77 bits per heavy atom. The van der Waals surface area contributed by atoms with Gasteiger partial charge in [-0.3, -0.25) is 9.59 Å². The van der Waals surface area contributed by atoms with E-state index in [9.17, 15) is 35.9 Å². The Bertz CT molecular complexity index is 2790. The summed E-state index contributed by atoms with van der Waals surface area (Å²) in [5.74, 6) is -2.65. The molecule has 0 fully saturated rings. The second-order valence-corrected chi connectivity index (χ2v) is 14.6. The Labute approximate surface area is 374 Å². The number of rotatable bonds is 16. The average Bonchev–Trinajstić information content (AvgIpc) is 3.26. The fourth-order valence-corrected chi connectivity index (χ4v) is 6.25. The van der Waals surface area contributed by atoms with E-state index < -0.39 is 46.9 Å². The summed E-state index contributed by atoms with van der Waals surface area (Å²) in [7, 11) is 2.77. The first-order valence-corrected chi connectivity index (χ1v) is 19.7. The molecule has 66 heavy (non-hydrogen) atoms. The van der Waals surface area contributed by atoms with Gasteiger partial charge in [-0.15, -0.1) is 0 Å². The zero-order valence-corrected chi connectivity index (χ0v) is 36.2. The van der Waals surface area contributed by atoms with Crippen molar-refractivity contribution in [3.63, 3.8) is 0 Å². The van der Waals surface area contributed by atoms with Crippen molar-refractivity contribution in [3.05, 3.63) is 119 Å². The van der Waals surface area contributed by atoms with Crippen molar-refractivity contribution in [2.24, 2.45) is 0 Å². The van der Waals surface area contributed by atoms with Gasteiger partial charge in [0.1, 0.15) is 22.8 Å². The van der Waals surface area contributed by atoms with Crippen molar-refractivity contribution in [2.75, 3.05) is 52.2 Å². The van der Waals surface area contributed by atoms with Crippen LogP contribution in [0.25, 0.3) is 0 Å². The van der Waals surface area contributed by atoms with E-state index in [0.29, 0.717) is 46.0 Å². The molecule has 4 heterocycles. The molecule has 0 aliphatic heterocycles. The lowest BCUT2D eigenvalue weighted by atomic mass is 10.1. The number of ether oxygens (including phenoxy) is 2. The smallest absolute Gasteiger partial charge is 0.421 e. The van der Waals surface area contributed by atoms with Crippen LogP contribution >= 0.6 is 0 Å². The van der Waals surface area contributed by atoms with Crippen LogP contribution in [-0.2, 0) is 21.9 Å². The van der Waals surface area contributed by atoms with E-state index in [1.807, 2.05) is 0 Å². The summed E-state index contributed by atoms with van der Waals surface area (Å²) in [5, 5.41) is 13.6. The number of aryl methyl sites for hydroxylation is 4. The van der Waals surface area contributed by atoms with Gasteiger partial charge in [0, 0.05) is 49.9 Å². The van der Waals surface area contributed by atoms with Crippen molar-refractivity contribution < 1.29 is 45.4 Å². The molecule has 344 valence electrons. The van der Waals surface area contributed by atoms with Gasteiger partial charge < -0.3 is 41.0 Å². The van der Waals surface area contributed by atoms with Crippen LogP contribution in [0.1, 0.15) is 39.8 Å². The molecule has 0 saturated heterocycles. The number of carbonyl (C=O) groups is 2. The van der Waals surface area contributed by atoms with Crippen molar-refractivity contribution in [1.29, 1.82) is 0 Å². The fourth-order valence-electron chi connectivity index (χ4n) is 6.25. The molecule has 2 amide bonds. The second-order valence-electron chi connectivity index (χ2n) is 14.6. The summed E-state index contributed by atoms with van der Waals surface area (Å²) in [6, 6.07) is 12.3. The van der Waals surface area contributed by atoms with Crippen LogP contribution in [0.5, 0.6) is 11.8 Å². The lowest BCUT2D eigenvalue weighted by molar-refractivity contribution is -0.138. The number of halogens is 6. The van der Waals surface area contributed by atoms with E-state index in [2.05, 4.69) is 63.1 Å². The van der Waals surface area contributed by atoms with Crippen LogP contribution in [0, 0.1) is 27.7 Å². The highest BCUT2D eigenvalue weighted by Gasteiger charge is 2.37. The Hall–Kier alpha value is -8.04. The third-order valence-corrected chi connectivity index (χ3v) is 9.64. The first-order chi connectivity index (χ1) is 31.3. The first kappa shape index (κ1) is 47.4. The Balaban J connectivity index is 1.33. The Morgan fingerprint density at radius 2 is 1.20 bits per heavy atom. The summed E-state index contributed by atoms with van der Waals surface area (Å²) in [6.07, 6.45) is -5.02.